The lowest BCUT2D eigenvalue weighted by Gasteiger charge is -2.11. The Morgan fingerprint density at radius 3 is 2.27 bits per heavy atom. The lowest BCUT2D eigenvalue weighted by atomic mass is 10.0. The average Bonchev–Trinajstić information content (AvgIpc) is 2.54. The van der Waals surface area contributed by atoms with Gasteiger partial charge in [0.2, 0.25) is 5.91 Å². The number of carboxylic acid groups (broad SMARTS) is 1. The first-order valence-corrected chi connectivity index (χ1v) is 8.03. The number of carbonyl (C=O) groups is 2. The van der Waals surface area contributed by atoms with Crippen molar-refractivity contribution in [3.8, 4) is 11.1 Å². The zero-order valence-electron chi connectivity index (χ0n) is 13.4. The maximum absolute atomic E-state index is 12.8. The van der Waals surface area contributed by atoms with E-state index < -0.39 is 17.7 Å². The van der Waals surface area contributed by atoms with E-state index in [0.717, 1.165) is 12.1 Å². The summed E-state index contributed by atoms with van der Waals surface area (Å²) in [6, 6.07) is 9.27. The molecule has 26 heavy (non-hydrogen) atoms. The number of alkyl halides is 3. The van der Waals surface area contributed by atoms with Gasteiger partial charge in [-0.1, -0.05) is 23.7 Å². The summed E-state index contributed by atoms with van der Waals surface area (Å²) in [5.41, 5.74) is 0.371. The normalized spacial score (nSPS) is 11.2. The third kappa shape index (κ3) is 5.49. The van der Waals surface area contributed by atoms with E-state index in [4.69, 9.17) is 16.7 Å². The van der Waals surface area contributed by atoms with Crippen LogP contribution in [-0.4, -0.2) is 17.0 Å². The molecule has 0 radical (unpaired) electrons. The summed E-state index contributed by atoms with van der Waals surface area (Å²) in [6.45, 7) is 0. The molecule has 2 rings (SSSR count). The SMILES string of the molecule is O=C(O)CCCC(=O)Nc1ccc(-c2cc(C(F)(F)F)ccc2Cl)cc1. The van der Waals surface area contributed by atoms with Gasteiger partial charge < -0.3 is 10.4 Å². The molecule has 2 aromatic rings. The Balaban J connectivity index is 2.10. The third-order valence-electron chi connectivity index (χ3n) is 3.57. The molecule has 0 fully saturated rings. The number of hydrogen-bond donors (Lipinski definition) is 2. The molecule has 0 spiro atoms. The highest BCUT2D eigenvalue weighted by atomic mass is 35.5. The van der Waals surface area contributed by atoms with Gasteiger partial charge in [0.15, 0.2) is 0 Å². The molecule has 0 aliphatic heterocycles. The zero-order valence-corrected chi connectivity index (χ0v) is 14.2. The number of aliphatic carboxylic acids is 1. The lowest BCUT2D eigenvalue weighted by molar-refractivity contribution is -0.138. The summed E-state index contributed by atoms with van der Waals surface area (Å²) < 4.78 is 38.5. The van der Waals surface area contributed by atoms with Gasteiger partial charge >= 0.3 is 12.1 Å². The minimum atomic E-state index is -4.47. The van der Waals surface area contributed by atoms with E-state index in [1.54, 1.807) is 24.3 Å². The van der Waals surface area contributed by atoms with E-state index in [9.17, 15) is 22.8 Å². The zero-order chi connectivity index (χ0) is 19.3. The Morgan fingerprint density at radius 1 is 1.04 bits per heavy atom. The molecule has 138 valence electrons. The summed E-state index contributed by atoms with van der Waals surface area (Å²) in [4.78, 5) is 22.1. The van der Waals surface area contributed by atoms with Gasteiger partial charge in [0.25, 0.3) is 0 Å². The first-order valence-electron chi connectivity index (χ1n) is 7.65. The molecule has 2 aromatic carbocycles. The second kappa shape index (κ2) is 8.23. The van der Waals surface area contributed by atoms with Gasteiger partial charge in [0.1, 0.15) is 0 Å². The molecule has 0 saturated heterocycles. The van der Waals surface area contributed by atoms with E-state index in [0.29, 0.717) is 11.3 Å². The molecule has 0 aliphatic carbocycles. The summed E-state index contributed by atoms with van der Waals surface area (Å²) in [6.07, 6.45) is -4.28. The Labute approximate surface area is 152 Å². The van der Waals surface area contributed by atoms with Gasteiger partial charge in [-0.15, -0.1) is 0 Å². The monoisotopic (exact) mass is 385 g/mol. The number of carbonyl (C=O) groups excluding carboxylic acids is 1. The number of amides is 1. The van der Waals surface area contributed by atoms with Crippen LogP contribution in [0.15, 0.2) is 42.5 Å². The van der Waals surface area contributed by atoms with Crippen LogP contribution in [0.25, 0.3) is 11.1 Å². The molecule has 0 aromatic heterocycles. The number of carboxylic acids is 1. The van der Waals surface area contributed by atoms with E-state index in [1.165, 1.54) is 6.07 Å². The highest BCUT2D eigenvalue weighted by Gasteiger charge is 2.31. The maximum Gasteiger partial charge on any atom is 0.416 e. The molecule has 2 N–H and O–H groups in total. The van der Waals surface area contributed by atoms with E-state index >= 15 is 0 Å². The molecular weight excluding hydrogens is 371 g/mol. The second-order valence-corrected chi connectivity index (χ2v) is 5.97. The van der Waals surface area contributed by atoms with E-state index in [1.807, 2.05) is 0 Å². The number of rotatable bonds is 6. The Kier molecular flexibility index (Phi) is 6.26. The smallest absolute Gasteiger partial charge is 0.416 e. The number of benzene rings is 2. The fraction of sp³-hybridized carbons (Fsp3) is 0.222. The quantitative estimate of drug-likeness (QED) is 0.716. The molecule has 4 nitrogen and oxygen atoms in total. The van der Waals surface area contributed by atoms with Crippen LogP contribution in [0.4, 0.5) is 18.9 Å². The van der Waals surface area contributed by atoms with Crippen LogP contribution in [-0.2, 0) is 15.8 Å². The van der Waals surface area contributed by atoms with Gasteiger partial charge in [0.05, 0.1) is 5.56 Å². The third-order valence-corrected chi connectivity index (χ3v) is 3.90. The first kappa shape index (κ1) is 19.8. The molecule has 0 unspecified atom stereocenters. The fourth-order valence-corrected chi connectivity index (χ4v) is 2.51. The van der Waals surface area contributed by atoms with Crippen molar-refractivity contribution in [1.82, 2.24) is 0 Å². The summed E-state index contributed by atoms with van der Waals surface area (Å²) in [5, 5.41) is 11.3. The highest BCUT2D eigenvalue weighted by molar-refractivity contribution is 6.33. The van der Waals surface area contributed by atoms with Crippen LogP contribution in [0.3, 0.4) is 0 Å². The number of halogens is 4. The summed E-state index contributed by atoms with van der Waals surface area (Å²) in [5.74, 6) is -1.31. The van der Waals surface area contributed by atoms with Crippen LogP contribution in [0.1, 0.15) is 24.8 Å². The Morgan fingerprint density at radius 2 is 1.69 bits per heavy atom. The van der Waals surface area contributed by atoms with Crippen molar-refractivity contribution in [2.24, 2.45) is 0 Å². The van der Waals surface area contributed by atoms with Gasteiger partial charge in [-0.3, -0.25) is 9.59 Å². The van der Waals surface area contributed by atoms with Crippen molar-refractivity contribution in [3.63, 3.8) is 0 Å². The fourth-order valence-electron chi connectivity index (χ4n) is 2.28. The molecule has 0 bridgehead atoms. The van der Waals surface area contributed by atoms with Crippen LogP contribution < -0.4 is 5.32 Å². The Bertz CT molecular complexity index is 804. The van der Waals surface area contributed by atoms with Crippen LogP contribution in [0.2, 0.25) is 5.02 Å². The minimum absolute atomic E-state index is 0.0630. The molecular formula is C18H15ClF3NO3. The molecule has 0 aliphatic rings. The van der Waals surface area contributed by atoms with E-state index in [2.05, 4.69) is 5.32 Å². The van der Waals surface area contributed by atoms with Crippen molar-refractivity contribution in [2.45, 2.75) is 25.4 Å². The van der Waals surface area contributed by atoms with Crippen molar-refractivity contribution in [1.29, 1.82) is 0 Å². The van der Waals surface area contributed by atoms with Gasteiger partial charge in [-0.2, -0.15) is 13.2 Å². The van der Waals surface area contributed by atoms with Crippen LogP contribution in [0.5, 0.6) is 0 Å². The molecule has 8 heteroatoms. The summed E-state index contributed by atoms with van der Waals surface area (Å²) >= 11 is 6.00. The second-order valence-electron chi connectivity index (χ2n) is 5.57. The Hall–Kier alpha value is -2.54. The first-order chi connectivity index (χ1) is 12.2. The highest BCUT2D eigenvalue weighted by Crippen LogP contribution is 2.36. The van der Waals surface area contributed by atoms with Crippen LogP contribution >= 0.6 is 11.6 Å². The number of anilines is 1. The number of hydrogen-bond acceptors (Lipinski definition) is 2. The average molecular weight is 386 g/mol. The molecule has 1 amide bonds. The van der Waals surface area contributed by atoms with Crippen molar-refractivity contribution >= 4 is 29.2 Å². The lowest BCUT2D eigenvalue weighted by Crippen LogP contribution is -2.11. The van der Waals surface area contributed by atoms with E-state index in [-0.39, 0.29) is 35.8 Å². The van der Waals surface area contributed by atoms with Crippen molar-refractivity contribution in [2.75, 3.05) is 5.32 Å². The van der Waals surface area contributed by atoms with Crippen LogP contribution in [0, 0.1) is 0 Å². The largest absolute Gasteiger partial charge is 0.481 e. The van der Waals surface area contributed by atoms with Gasteiger partial charge in [-0.05, 0) is 42.3 Å². The number of nitrogens with one attached hydrogen (secondary N) is 1. The minimum Gasteiger partial charge on any atom is -0.481 e. The van der Waals surface area contributed by atoms with Crippen molar-refractivity contribution < 1.29 is 27.9 Å². The predicted octanol–water partition coefficient (Wildman–Crippen LogP) is 5.22. The topological polar surface area (TPSA) is 66.4 Å². The maximum atomic E-state index is 12.8. The molecule has 0 heterocycles. The standard InChI is InChI=1S/C18H15ClF3NO3/c19-15-9-6-12(18(20,21)22)10-14(15)11-4-7-13(8-5-11)23-16(24)2-1-3-17(25)26/h4-10H,1-3H2,(H,23,24)(H,25,26). The van der Waals surface area contributed by atoms with Gasteiger partial charge in [-0.25, -0.2) is 0 Å². The van der Waals surface area contributed by atoms with Gasteiger partial charge in [0, 0.05) is 29.1 Å². The molecule has 0 saturated carbocycles. The van der Waals surface area contributed by atoms with Crippen molar-refractivity contribution in [3.05, 3.63) is 53.1 Å². The predicted molar refractivity (Wildman–Crippen MR) is 92.0 cm³/mol. The molecule has 0 atom stereocenters. The summed E-state index contributed by atoms with van der Waals surface area (Å²) in [7, 11) is 0.